The van der Waals surface area contributed by atoms with Crippen molar-refractivity contribution in [2.45, 2.75) is 77.0 Å². The van der Waals surface area contributed by atoms with Crippen LogP contribution in [0.15, 0.2) is 261 Å². The molecule has 2 aliphatic carbocycles. The SMILES string of the molecule is CC(C)(C)c1ccc(-c2ccc3c(c2)C(c2ccccc2)(c2ccccc2)c2cc(-c4ccc(C(C)(C)C)cc4)cc(-c4ccc(N(c5ccc(-c6ccccc6)cc5)c5ccc6c(c5)C(C)(C)c5ccccc5-6)cc4)c2-3)cc1. The molecule has 0 spiro atoms. The van der Waals surface area contributed by atoms with Gasteiger partial charge in [-0.1, -0.05) is 262 Å². The highest BCUT2D eigenvalue weighted by atomic mass is 15.1. The Hall–Kier alpha value is -8.78. The van der Waals surface area contributed by atoms with E-state index in [0.717, 1.165) is 17.1 Å². The fourth-order valence-electron chi connectivity index (χ4n) is 13.0. The molecular formula is C78H67N. The van der Waals surface area contributed by atoms with Crippen molar-refractivity contribution in [2.75, 3.05) is 4.90 Å². The van der Waals surface area contributed by atoms with E-state index in [2.05, 4.69) is 321 Å². The molecule has 13 rings (SSSR count). The van der Waals surface area contributed by atoms with Crippen LogP contribution in [0.1, 0.15) is 99.9 Å². The van der Waals surface area contributed by atoms with Crippen LogP contribution in [0, 0.1) is 0 Å². The van der Waals surface area contributed by atoms with E-state index in [4.69, 9.17) is 0 Å². The Morgan fingerprint density at radius 1 is 0.278 bits per heavy atom. The Balaban J connectivity index is 1.03. The Bertz CT molecular complexity index is 4000. The van der Waals surface area contributed by atoms with Gasteiger partial charge >= 0.3 is 0 Å². The summed E-state index contributed by atoms with van der Waals surface area (Å²) >= 11 is 0. The van der Waals surface area contributed by atoms with Gasteiger partial charge in [0.15, 0.2) is 0 Å². The van der Waals surface area contributed by atoms with Gasteiger partial charge in [0.1, 0.15) is 0 Å². The quantitative estimate of drug-likeness (QED) is 0.139. The minimum absolute atomic E-state index is 0.0321. The normalized spacial score (nSPS) is 13.8. The molecule has 0 heterocycles. The zero-order valence-electron chi connectivity index (χ0n) is 46.8. The average molecular weight is 1020 g/mol. The summed E-state index contributed by atoms with van der Waals surface area (Å²) in [7, 11) is 0. The monoisotopic (exact) mass is 1020 g/mol. The van der Waals surface area contributed by atoms with Crippen LogP contribution in [0.25, 0.3) is 66.8 Å². The number of nitrogens with zero attached hydrogens (tertiary/aromatic N) is 1. The molecule has 0 fully saturated rings. The van der Waals surface area contributed by atoms with Crippen molar-refractivity contribution in [3.05, 3.63) is 305 Å². The molecule has 11 aromatic rings. The van der Waals surface area contributed by atoms with Gasteiger partial charge in [-0.25, -0.2) is 0 Å². The largest absolute Gasteiger partial charge is 0.310 e. The van der Waals surface area contributed by atoms with Crippen LogP contribution in [0.2, 0.25) is 0 Å². The number of rotatable bonds is 9. The highest BCUT2D eigenvalue weighted by Gasteiger charge is 2.48. The van der Waals surface area contributed by atoms with Crippen LogP contribution in [0.3, 0.4) is 0 Å². The zero-order chi connectivity index (χ0) is 54.3. The molecule has 11 aromatic carbocycles. The van der Waals surface area contributed by atoms with Gasteiger partial charge in [0.25, 0.3) is 0 Å². The fraction of sp³-hybridized carbons (Fsp3) is 0.154. The van der Waals surface area contributed by atoms with Crippen LogP contribution >= 0.6 is 0 Å². The van der Waals surface area contributed by atoms with Crippen molar-refractivity contribution in [1.82, 2.24) is 0 Å². The molecule has 1 nitrogen and oxygen atoms in total. The van der Waals surface area contributed by atoms with Crippen molar-refractivity contribution in [3.63, 3.8) is 0 Å². The van der Waals surface area contributed by atoms with E-state index in [1.807, 2.05) is 0 Å². The lowest BCUT2D eigenvalue weighted by Crippen LogP contribution is -2.28. The average Bonchev–Trinajstić information content (AvgIpc) is 4.16. The van der Waals surface area contributed by atoms with Gasteiger partial charge in [-0.3, -0.25) is 0 Å². The van der Waals surface area contributed by atoms with E-state index in [-0.39, 0.29) is 16.2 Å². The van der Waals surface area contributed by atoms with E-state index in [1.54, 1.807) is 0 Å². The Morgan fingerprint density at radius 2 is 0.696 bits per heavy atom. The number of hydrogen-bond donors (Lipinski definition) is 0. The van der Waals surface area contributed by atoms with Crippen LogP contribution < -0.4 is 4.90 Å². The molecule has 0 unspecified atom stereocenters. The predicted molar refractivity (Wildman–Crippen MR) is 335 cm³/mol. The Morgan fingerprint density at radius 3 is 1.27 bits per heavy atom. The second-order valence-electron chi connectivity index (χ2n) is 24.5. The van der Waals surface area contributed by atoms with Gasteiger partial charge in [-0.05, 0) is 177 Å². The molecule has 384 valence electrons. The first-order valence-corrected chi connectivity index (χ1v) is 28.1. The maximum atomic E-state index is 2.52. The standard InChI is InChI=1S/C78H67N/c1-75(2,3)59-37-28-54(29-38-59)57-36-46-68-72(49-57)78(61-22-14-10-15-23-61,62-24-16-11-17-25-62)73-50-58(55-30-39-60(40-31-55)76(4,5)6)48-69(74(68)73)56-34-43-64(44-35-56)79(63-41-32-53(33-42-63)52-20-12-9-13-21-52)65-45-47-67-66-26-18-19-27-70(66)77(7,8)71(67)51-65/h9-51H,1-8H3. The second-order valence-corrected chi connectivity index (χ2v) is 24.5. The van der Waals surface area contributed by atoms with Crippen molar-refractivity contribution in [1.29, 1.82) is 0 Å². The third-order valence-corrected chi connectivity index (χ3v) is 17.3. The maximum Gasteiger partial charge on any atom is 0.0714 e. The van der Waals surface area contributed by atoms with Gasteiger partial charge < -0.3 is 4.90 Å². The molecule has 0 saturated heterocycles. The molecule has 1 heteroatoms. The summed E-state index contributed by atoms with van der Waals surface area (Å²) in [6.07, 6.45) is 0. The van der Waals surface area contributed by atoms with Crippen LogP contribution in [-0.4, -0.2) is 0 Å². The van der Waals surface area contributed by atoms with Gasteiger partial charge in [-0.15, -0.1) is 0 Å². The molecule has 0 aromatic heterocycles. The lowest BCUT2D eigenvalue weighted by molar-refractivity contribution is 0.590. The first-order valence-electron chi connectivity index (χ1n) is 28.1. The van der Waals surface area contributed by atoms with Gasteiger partial charge in [0.2, 0.25) is 0 Å². The number of hydrogen-bond acceptors (Lipinski definition) is 1. The van der Waals surface area contributed by atoms with Crippen molar-refractivity contribution in [2.24, 2.45) is 0 Å². The van der Waals surface area contributed by atoms with Gasteiger partial charge in [0.05, 0.1) is 5.41 Å². The van der Waals surface area contributed by atoms with E-state index in [1.165, 1.54) is 111 Å². The lowest BCUT2D eigenvalue weighted by Gasteiger charge is -2.34. The molecule has 0 bridgehead atoms. The summed E-state index contributed by atoms with van der Waals surface area (Å²) in [5.41, 5.74) is 27.9. The first kappa shape index (κ1) is 49.8. The number of benzene rings is 11. The van der Waals surface area contributed by atoms with E-state index >= 15 is 0 Å². The van der Waals surface area contributed by atoms with Crippen molar-refractivity contribution in [3.8, 4) is 66.8 Å². The van der Waals surface area contributed by atoms with Gasteiger partial charge in [-0.2, -0.15) is 0 Å². The number of anilines is 3. The van der Waals surface area contributed by atoms with E-state index in [0.29, 0.717) is 0 Å². The van der Waals surface area contributed by atoms with Crippen molar-refractivity contribution < 1.29 is 0 Å². The third-order valence-electron chi connectivity index (χ3n) is 17.3. The molecule has 2 aliphatic rings. The summed E-state index contributed by atoms with van der Waals surface area (Å²) < 4.78 is 0. The summed E-state index contributed by atoms with van der Waals surface area (Å²) in [6.45, 7) is 18.5. The smallest absolute Gasteiger partial charge is 0.0714 e. The second kappa shape index (κ2) is 19.0. The molecule has 0 saturated carbocycles. The molecular weight excluding hydrogens is 951 g/mol. The highest BCUT2D eigenvalue weighted by Crippen LogP contribution is 2.60. The van der Waals surface area contributed by atoms with E-state index < -0.39 is 5.41 Å². The van der Waals surface area contributed by atoms with Gasteiger partial charge in [0, 0.05) is 22.5 Å². The summed E-state index contributed by atoms with van der Waals surface area (Å²) in [6, 6.07) is 98.5. The molecule has 0 aliphatic heterocycles. The lowest BCUT2D eigenvalue weighted by atomic mass is 9.67. The molecule has 79 heavy (non-hydrogen) atoms. The van der Waals surface area contributed by atoms with Crippen LogP contribution in [0.4, 0.5) is 17.1 Å². The Kier molecular flexibility index (Phi) is 12.0. The third kappa shape index (κ3) is 8.47. The summed E-state index contributed by atoms with van der Waals surface area (Å²) in [5, 5.41) is 0. The van der Waals surface area contributed by atoms with Crippen LogP contribution in [-0.2, 0) is 21.7 Å². The molecule has 0 N–H and O–H groups in total. The summed E-state index contributed by atoms with van der Waals surface area (Å²) in [5.74, 6) is 0. The number of fused-ring (bicyclic) bond motifs is 6. The minimum atomic E-state index is -0.631. The topological polar surface area (TPSA) is 3.24 Å². The predicted octanol–water partition coefficient (Wildman–Crippen LogP) is 21.1. The minimum Gasteiger partial charge on any atom is -0.310 e. The molecule has 0 amide bonds. The van der Waals surface area contributed by atoms with Crippen LogP contribution in [0.5, 0.6) is 0 Å². The fourth-order valence-corrected chi connectivity index (χ4v) is 13.0. The van der Waals surface area contributed by atoms with Crippen molar-refractivity contribution >= 4 is 17.1 Å². The van der Waals surface area contributed by atoms with E-state index in [9.17, 15) is 0 Å². The Labute approximate surface area is 468 Å². The first-order chi connectivity index (χ1) is 38.2. The molecule has 0 radical (unpaired) electrons. The molecule has 0 atom stereocenters. The zero-order valence-corrected chi connectivity index (χ0v) is 46.8. The highest BCUT2D eigenvalue weighted by molar-refractivity contribution is 5.99. The maximum absolute atomic E-state index is 2.52. The summed E-state index contributed by atoms with van der Waals surface area (Å²) in [4.78, 5) is 2.44.